The molecular formula is C19H25N3O. The molecule has 2 fully saturated rings. The van der Waals surface area contributed by atoms with Crippen molar-refractivity contribution < 1.29 is 4.74 Å². The number of aromatic amines is 1. The van der Waals surface area contributed by atoms with E-state index in [4.69, 9.17) is 4.74 Å². The molecule has 0 bridgehead atoms. The van der Waals surface area contributed by atoms with E-state index >= 15 is 0 Å². The van der Waals surface area contributed by atoms with Crippen molar-refractivity contribution in [2.75, 3.05) is 26.7 Å². The van der Waals surface area contributed by atoms with Crippen LogP contribution in [0.1, 0.15) is 43.0 Å². The number of piperidine rings is 1. The molecule has 2 aromatic rings. The van der Waals surface area contributed by atoms with Crippen LogP contribution >= 0.6 is 0 Å². The van der Waals surface area contributed by atoms with Gasteiger partial charge in [-0.25, -0.2) is 0 Å². The average Bonchev–Trinajstić information content (AvgIpc) is 2.99. The zero-order chi connectivity index (χ0) is 15.4. The van der Waals surface area contributed by atoms with Gasteiger partial charge in [-0.05, 0) is 62.4 Å². The molecule has 2 atom stereocenters. The monoisotopic (exact) mass is 311 g/mol. The molecule has 122 valence electrons. The van der Waals surface area contributed by atoms with Gasteiger partial charge < -0.3 is 9.72 Å². The highest BCUT2D eigenvalue weighted by Crippen LogP contribution is 2.42. The van der Waals surface area contributed by atoms with Gasteiger partial charge in [-0.1, -0.05) is 0 Å². The molecule has 0 amide bonds. The molecule has 4 nitrogen and oxygen atoms in total. The van der Waals surface area contributed by atoms with Crippen LogP contribution in [0.25, 0.3) is 10.9 Å². The number of ether oxygens (including phenoxy) is 1. The number of hydrogen-bond acceptors (Lipinski definition) is 3. The maximum Gasteiger partial charge on any atom is 0.119 e. The summed E-state index contributed by atoms with van der Waals surface area (Å²) < 4.78 is 5.43. The van der Waals surface area contributed by atoms with E-state index < -0.39 is 0 Å². The third-order valence-corrected chi connectivity index (χ3v) is 6.15. The highest BCUT2D eigenvalue weighted by atomic mass is 16.5. The molecule has 3 aliphatic heterocycles. The van der Waals surface area contributed by atoms with Crippen LogP contribution in [0.4, 0.5) is 0 Å². The first kappa shape index (κ1) is 13.9. The Kier molecular flexibility index (Phi) is 3.17. The summed E-state index contributed by atoms with van der Waals surface area (Å²) in [7, 11) is 1.75. The van der Waals surface area contributed by atoms with Gasteiger partial charge in [0.15, 0.2) is 0 Å². The fourth-order valence-corrected chi connectivity index (χ4v) is 5.06. The van der Waals surface area contributed by atoms with Crippen molar-refractivity contribution in [2.45, 2.75) is 44.3 Å². The summed E-state index contributed by atoms with van der Waals surface area (Å²) in [4.78, 5) is 9.24. The molecule has 2 saturated heterocycles. The van der Waals surface area contributed by atoms with E-state index in [0.29, 0.717) is 12.2 Å². The molecule has 3 aliphatic rings. The summed E-state index contributed by atoms with van der Waals surface area (Å²) in [5.41, 5.74) is 4.28. The first-order valence-electron chi connectivity index (χ1n) is 9.03. The van der Waals surface area contributed by atoms with Crippen molar-refractivity contribution in [2.24, 2.45) is 0 Å². The largest absolute Gasteiger partial charge is 0.497 e. The Hall–Kier alpha value is -1.52. The van der Waals surface area contributed by atoms with Crippen molar-refractivity contribution >= 4 is 10.9 Å². The molecular weight excluding hydrogens is 286 g/mol. The van der Waals surface area contributed by atoms with Gasteiger partial charge in [0, 0.05) is 29.7 Å². The van der Waals surface area contributed by atoms with E-state index in [2.05, 4.69) is 33.0 Å². The molecule has 1 aromatic heterocycles. The van der Waals surface area contributed by atoms with E-state index in [1.165, 1.54) is 67.5 Å². The number of H-pyrrole nitrogens is 1. The van der Waals surface area contributed by atoms with E-state index in [0.717, 1.165) is 12.2 Å². The van der Waals surface area contributed by atoms with E-state index in [1.807, 2.05) is 0 Å². The second-order valence-electron chi connectivity index (χ2n) is 7.23. The van der Waals surface area contributed by atoms with Crippen molar-refractivity contribution in [1.82, 2.24) is 14.8 Å². The third kappa shape index (κ3) is 2.05. The molecule has 0 saturated carbocycles. The Bertz CT molecular complexity index is 738. The maximum atomic E-state index is 5.43. The Labute approximate surface area is 137 Å². The lowest BCUT2D eigenvalue weighted by molar-refractivity contribution is -0.0599. The predicted molar refractivity (Wildman–Crippen MR) is 91.8 cm³/mol. The fourth-order valence-electron chi connectivity index (χ4n) is 5.06. The van der Waals surface area contributed by atoms with Crippen molar-refractivity contribution in [1.29, 1.82) is 0 Å². The number of benzene rings is 1. The molecule has 5 rings (SSSR count). The van der Waals surface area contributed by atoms with Gasteiger partial charge >= 0.3 is 0 Å². The lowest BCUT2D eigenvalue weighted by Gasteiger charge is -2.52. The summed E-state index contributed by atoms with van der Waals surface area (Å²) >= 11 is 0. The maximum absolute atomic E-state index is 5.43. The van der Waals surface area contributed by atoms with Gasteiger partial charge in [0.25, 0.3) is 0 Å². The summed E-state index contributed by atoms with van der Waals surface area (Å²) in [6.45, 7) is 3.75. The highest BCUT2D eigenvalue weighted by molar-refractivity contribution is 5.86. The summed E-state index contributed by atoms with van der Waals surface area (Å²) in [6.07, 6.45) is 7.21. The molecule has 0 aliphatic carbocycles. The van der Waals surface area contributed by atoms with Crippen LogP contribution in [0, 0.1) is 0 Å². The lowest BCUT2D eigenvalue weighted by Crippen LogP contribution is -2.58. The van der Waals surface area contributed by atoms with Crippen LogP contribution in [0.3, 0.4) is 0 Å². The van der Waals surface area contributed by atoms with Crippen molar-refractivity contribution in [3.63, 3.8) is 0 Å². The number of methoxy groups -OCH3 is 1. The predicted octanol–water partition coefficient (Wildman–Crippen LogP) is 3.29. The molecule has 4 heteroatoms. The number of hydrogen-bond donors (Lipinski definition) is 1. The summed E-state index contributed by atoms with van der Waals surface area (Å²) in [5, 5.41) is 1.37. The van der Waals surface area contributed by atoms with Gasteiger partial charge in [-0.2, -0.15) is 0 Å². The standard InChI is InChI=1S/C19H25N3O/c1-23-13-5-6-16-15(12-13)14-7-11-22-17(19(14)20-16)8-10-21-9-3-2-4-18(21)22/h5-6,12,17-18,20H,2-4,7-11H2,1H3/t17-,18-/m1/s1. The van der Waals surface area contributed by atoms with E-state index in [1.54, 1.807) is 7.11 Å². The molecule has 0 unspecified atom stereocenters. The lowest BCUT2D eigenvalue weighted by atomic mass is 9.90. The van der Waals surface area contributed by atoms with Gasteiger partial charge in [0.2, 0.25) is 0 Å². The second-order valence-corrected chi connectivity index (χ2v) is 7.23. The van der Waals surface area contributed by atoms with Crippen molar-refractivity contribution in [3.8, 4) is 5.75 Å². The topological polar surface area (TPSA) is 31.5 Å². The first-order chi connectivity index (χ1) is 11.3. The van der Waals surface area contributed by atoms with Crippen LogP contribution in [-0.2, 0) is 6.42 Å². The number of nitrogens with one attached hydrogen (secondary N) is 1. The fraction of sp³-hybridized carbons (Fsp3) is 0.579. The molecule has 0 radical (unpaired) electrons. The average molecular weight is 311 g/mol. The SMILES string of the molecule is COc1ccc2[nH]c3c(c2c1)CCN1[C@@H]3CCN2CCCC[C@H]21. The number of nitrogens with zero attached hydrogens (tertiary/aromatic N) is 2. The van der Waals surface area contributed by atoms with Gasteiger partial charge in [-0.15, -0.1) is 0 Å². The minimum Gasteiger partial charge on any atom is -0.497 e. The molecule has 1 N–H and O–H groups in total. The van der Waals surface area contributed by atoms with Crippen LogP contribution in [0.15, 0.2) is 18.2 Å². The molecule has 23 heavy (non-hydrogen) atoms. The smallest absolute Gasteiger partial charge is 0.119 e. The zero-order valence-corrected chi connectivity index (χ0v) is 13.8. The molecule has 0 spiro atoms. The first-order valence-corrected chi connectivity index (χ1v) is 9.03. The van der Waals surface area contributed by atoms with Crippen LogP contribution < -0.4 is 4.74 Å². The highest BCUT2D eigenvalue weighted by Gasteiger charge is 2.41. The second kappa shape index (κ2) is 5.25. The molecule has 1 aromatic carbocycles. The quantitative estimate of drug-likeness (QED) is 0.877. The Morgan fingerprint density at radius 2 is 2.09 bits per heavy atom. The van der Waals surface area contributed by atoms with Crippen LogP contribution in [-0.4, -0.2) is 47.7 Å². The van der Waals surface area contributed by atoms with Crippen LogP contribution in [0.5, 0.6) is 5.75 Å². The minimum absolute atomic E-state index is 0.580. The van der Waals surface area contributed by atoms with Crippen LogP contribution in [0.2, 0.25) is 0 Å². The number of rotatable bonds is 1. The van der Waals surface area contributed by atoms with E-state index in [9.17, 15) is 0 Å². The number of fused-ring (bicyclic) bond motifs is 7. The van der Waals surface area contributed by atoms with Crippen molar-refractivity contribution in [3.05, 3.63) is 29.5 Å². The normalized spacial score (nSPS) is 28.2. The Balaban J connectivity index is 1.56. The summed E-state index contributed by atoms with van der Waals surface area (Å²) in [6, 6.07) is 7.02. The van der Waals surface area contributed by atoms with Gasteiger partial charge in [0.1, 0.15) is 5.75 Å². The van der Waals surface area contributed by atoms with Gasteiger partial charge in [0.05, 0.1) is 19.3 Å². The van der Waals surface area contributed by atoms with E-state index in [-0.39, 0.29) is 0 Å². The third-order valence-electron chi connectivity index (χ3n) is 6.15. The number of aromatic nitrogens is 1. The van der Waals surface area contributed by atoms with Gasteiger partial charge in [-0.3, -0.25) is 9.80 Å². The Morgan fingerprint density at radius 1 is 1.13 bits per heavy atom. The zero-order valence-electron chi connectivity index (χ0n) is 13.8. The molecule has 4 heterocycles. The minimum atomic E-state index is 0.580. The Morgan fingerprint density at radius 3 is 3.00 bits per heavy atom. The summed E-state index contributed by atoms with van der Waals surface area (Å²) in [5.74, 6) is 0.962.